The van der Waals surface area contributed by atoms with Crippen LogP contribution in [0.3, 0.4) is 0 Å². The van der Waals surface area contributed by atoms with Gasteiger partial charge in [0.1, 0.15) is 5.76 Å². The van der Waals surface area contributed by atoms with Crippen LogP contribution in [0.4, 0.5) is 0 Å². The molecule has 1 unspecified atom stereocenters. The smallest absolute Gasteiger partial charge is 0.338 e. The molecular weight excluding hydrogens is 330 g/mol. The molecule has 1 atom stereocenters. The third-order valence-corrected chi connectivity index (χ3v) is 4.35. The minimum Gasteiger partial charge on any atom is -0.465 e. The maximum atomic E-state index is 12.1. The number of benzene rings is 2. The Labute approximate surface area is 150 Å². The van der Waals surface area contributed by atoms with E-state index in [1.165, 1.54) is 7.11 Å². The lowest BCUT2D eigenvalue weighted by Crippen LogP contribution is -2.15. The van der Waals surface area contributed by atoms with Crippen molar-refractivity contribution in [2.45, 2.75) is 6.29 Å². The SMILES string of the molecule is COC(=O)c1ccccc1C1=Cc2nc3ccccc3cc2C(OC)O1. The molecule has 0 bridgehead atoms. The second-order valence-electron chi connectivity index (χ2n) is 5.89. The van der Waals surface area contributed by atoms with Gasteiger partial charge in [0.15, 0.2) is 0 Å². The molecule has 2 aromatic carbocycles. The van der Waals surface area contributed by atoms with Gasteiger partial charge in [-0.3, -0.25) is 0 Å². The number of carbonyl (C=O) groups is 1. The summed E-state index contributed by atoms with van der Waals surface area (Å²) < 4.78 is 16.4. The summed E-state index contributed by atoms with van der Waals surface area (Å²) in [7, 11) is 2.94. The summed E-state index contributed by atoms with van der Waals surface area (Å²) in [5.74, 6) is 0.101. The Hall–Kier alpha value is -3.18. The van der Waals surface area contributed by atoms with Crippen molar-refractivity contribution < 1.29 is 19.0 Å². The Bertz CT molecular complexity index is 1030. The largest absolute Gasteiger partial charge is 0.465 e. The van der Waals surface area contributed by atoms with Gasteiger partial charge >= 0.3 is 5.97 Å². The van der Waals surface area contributed by atoms with Gasteiger partial charge in [-0.15, -0.1) is 0 Å². The Balaban J connectivity index is 1.89. The van der Waals surface area contributed by atoms with Crippen LogP contribution in [0.15, 0.2) is 54.6 Å². The van der Waals surface area contributed by atoms with Crippen molar-refractivity contribution in [2.24, 2.45) is 0 Å². The molecule has 0 spiro atoms. The molecule has 1 aliphatic heterocycles. The van der Waals surface area contributed by atoms with E-state index in [4.69, 9.17) is 19.2 Å². The number of nitrogens with zero attached hydrogens (tertiary/aromatic N) is 1. The first kappa shape index (κ1) is 16.3. The molecule has 1 aromatic heterocycles. The third-order valence-electron chi connectivity index (χ3n) is 4.35. The van der Waals surface area contributed by atoms with Crippen LogP contribution in [0.5, 0.6) is 0 Å². The van der Waals surface area contributed by atoms with Gasteiger partial charge in [0.2, 0.25) is 6.29 Å². The van der Waals surface area contributed by atoms with Crippen LogP contribution in [-0.2, 0) is 14.2 Å². The van der Waals surface area contributed by atoms with Crippen molar-refractivity contribution in [3.8, 4) is 0 Å². The summed E-state index contributed by atoms with van der Waals surface area (Å²) in [5.41, 5.74) is 3.57. The predicted octanol–water partition coefficient (Wildman–Crippen LogP) is 4.19. The molecule has 0 saturated carbocycles. The number of pyridine rings is 1. The van der Waals surface area contributed by atoms with Crippen molar-refractivity contribution in [1.29, 1.82) is 0 Å². The summed E-state index contributed by atoms with van der Waals surface area (Å²) in [6, 6.07) is 17.0. The van der Waals surface area contributed by atoms with Gasteiger partial charge in [0, 0.05) is 29.7 Å². The van der Waals surface area contributed by atoms with E-state index in [0.29, 0.717) is 16.9 Å². The average Bonchev–Trinajstić information content (AvgIpc) is 2.70. The van der Waals surface area contributed by atoms with Crippen molar-refractivity contribution in [3.05, 3.63) is 77.0 Å². The van der Waals surface area contributed by atoms with Gasteiger partial charge in [0.25, 0.3) is 0 Å². The van der Waals surface area contributed by atoms with Crippen LogP contribution in [0.1, 0.15) is 33.5 Å². The number of hydrogen-bond acceptors (Lipinski definition) is 5. The highest BCUT2D eigenvalue weighted by Crippen LogP contribution is 2.37. The number of esters is 1. The lowest BCUT2D eigenvalue weighted by Gasteiger charge is -2.26. The van der Waals surface area contributed by atoms with E-state index in [0.717, 1.165) is 22.2 Å². The van der Waals surface area contributed by atoms with Gasteiger partial charge in [-0.05, 0) is 18.2 Å². The number of ether oxygens (including phenoxy) is 3. The molecule has 130 valence electrons. The second kappa shape index (κ2) is 6.61. The van der Waals surface area contributed by atoms with E-state index in [2.05, 4.69) is 0 Å². The van der Waals surface area contributed by atoms with Crippen molar-refractivity contribution in [2.75, 3.05) is 14.2 Å². The summed E-state index contributed by atoms with van der Waals surface area (Å²) in [6.07, 6.45) is 1.23. The van der Waals surface area contributed by atoms with E-state index < -0.39 is 12.3 Å². The first-order chi connectivity index (χ1) is 12.7. The normalized spacial score (nSPS) is 15.8. The molecule has 0 fully saturated rings. The number of aromatic nitrogens is 1. The van der Waals surface area contributed by atoms with Gasteiger partial charge < -0.3 is 14.2 Å². The molecule has 2 heterocycles. The molecule has 1 aliphatic rings. The fourth-order valence-electron chi connectivity index (χ4n) is 3.09. The van der Waals surface area contributed by atoms with E-state index in [1.54, 1.807) is 19.2 Å². The number of para-hydroxylation sites is 1. The van der Waals surface area contributed by atoms with Crippen LogP contribution in [-0.4, -0.2) is 25.2 Å². The Morgan fingerprint density at radius 2 is 1.85 bits per heavy atom. The van der Waals surface area contributed by atoms with Crippen LogP contribution >= 0.6 is 0 Å². The molecule has 0 radical (unpaired) electrons. The van der Waals surface area contributed by atoms with Crippen molar-refractivity contribution >= 4 is 28.7 Å². The molecule has 5 nitrogen and oxygen atoms in total. The van der Waals surface area contributed by atoms with E-state index in [9.17, 15) is 4.79 Å². The maximum Gasteiger partial charge on any atom is 0.338 e. The molecule has 0 aliphatic carbocycles. The van der Waals surface area contributed by atoms with Gasteiger partial charge in [-0.2, -0.15) is 0 Å². The van der Waals surface area contributed by atoms with Crippen LogP contribution in [0, 0.1) is 0 Å². The lowest BCUT2D eigenvalue weighted by atomic mass is 10.0. The van der Waals surface area contributed by atoms with Crippen LogP contribution < -0.4 is 0 Å². The van der Waals surface area contributed by atoms with E-state index in [-0.39, 0.29) is 0 Å². The number of hydrogen-bond donors (Lipinski definition) is 0. The minimum absolute atomic E-state index is 0.420. The zero-order valence-electron chi connectivity index (χ0n) is 14.4. The van der Waals surface area contributed by atoms with Gasteiger partial charge in [0.05, 0.1) is 23.9 Å². The summed E-state index contributed by atoms with van der Waals surface area (Å²) in [6.45, 7) is 0. The molecule has 5 heteroatoms. The van der Waals surface area contributed by atoms with Crippen LogP contribution in [0.2, 0.25) is 0 Å². The van der Waals surface area contributed by atoms with Crippen molar-refractivity contribution in [3.63, 3.8) is 0 Å². The molecular formula is C21H17NO4. The Morgan fingerprint density at radius 1 is 1.08 bits per heavy atom. The highest BCUT2D eigenvalue weighted by atomic mass is 16.7. The third kappa shape index (κ3) is 2.72. The lowest BCUT2D eigenvalue weighted by molar-refractivity contribution is -0.0767. The average molecular weight is 347 g/mol. The second-order valence-corrected chi connectivity index (χ2v) is 5.89. The molecule has 0 N–H and O–H groups in total. The number of fused-ring (bicyclic) bond motifs is 2. The number of methoxy groups -OCH3 is 2. The molecule has 26 heavy (non-hydrogen) atoms. The highest BCUT2D eigenvalue weighted by Gasteiger charge is 2.27. The maximum absolute atomic E-state index is 12.1. The monoisotopic (exact) mass is 347 g/mol. The quantitative estimate of drug-likeness (QED) is 0.665. The molecule has 3 aromatic rings. The fraction of sp³-hybridized carbons (Fsp3) is 0.143. The minimum atomic E-state index is -0.604. The summed E-state index contributed by atoms with van der Waals surface area (Å²) >= 11 is 0. The first-order valence-corrected chi connectivity index (χ1v) is 8.20. The zero-order valence-corrected chi connectivity index (χ0v) is 14.4. The molecule has 0 saturated heterocycles. The van der Waals surface area contributed by atoms with E-state index >= 15 is 0 Å². The molecule has 4 rings (SSSR count). The van der Waals surface area contributed by atoms with Gasteiger partial charge in [-0.1, -0.05) is 36.4 Å². The van der Waals surface area contributed by atoms with Gasteiger partial charge in [-0.25, -0.2) is 9.78 Å². The topological polar surface area (TPSA) is 57.7 Å². The summed E-state index contributed by atoms with van der Waals surface area (Å²) in [4.78, 5) is 16.8. The predicted molar refractivity (Wildman–Crippen MR) is 98.2 cm³/mol. The Kier molecular flexibility index (Phi) is 4.14. The first-order valence-electron chi connectivity index (χ1n) is 8.20. The number of rotatable bonds is 3. The standard InChI is InChI=1S/C21H17NO4/c1-24-20(23)15-9-5-4-8-14(15)19-12-18-16(21(25-2)26-19)11-13-7-3-6-10-17(13)22-18/h3-12,21H,1-2H3. The highest BCUT2D eigenvalue weighted by molar-refractivity contribution is 5.97. The zero-order chi connectivity index (χ0) is 18.1. The Morgan fingerprint density at radius 3 is 2.65 bits per heavy atom. The number of carbonyl (C=O) groups excluding carboxylic acids is 1. The summed E-state index contributed by atoms with van der Waals surface area (Å²) in [5, 5.41) is 1.02. The van der Waals surface area contributed by atoms with Crippen molar-refractivity contribution in [1.82, 2.24) is 4.98 Å². The fourth-order valence-corrected chi connectivity index (χ4v) is 3.09. The van der Waals surface area contributed by atoms with E-state index in [1.807, 2.05) is 48.5 Å². The van der Waals surface area contributed by atoms with Crippen LogP contribution in [0.25, 0.3) is 22.7 Å². The molecule has 0 amide bonds.